The van der Waals surface area contributed by atoms with Crippen LogP contribution in [-0.2, 0) is 19.5 Å². The van der Waals surface area contributed by atoms with Crippen molar-refractivity contribution in [3.63, 3.8) is 0 Å². The van der Waals surface area contributed by atoms with Crippen LogP contribution in [0.1, 0.15) is 16.8 Å². The van der Waals surface area contributed by atoms with Crippen LogP contribution in [0.25, 0.3) is 0 Å². The zero-order valence-electron chi connectivity index (χ0n) is 9.79. The molecule has 0 radical (unpaired) electrons. The Hall–Kier alpha value is -0.840. The van der Waals surface area contributed by atoms with Crippen molar-refractivity contribution in [1.29, 1.82) is 0 Å². The molecule has 0 amide bonds. The second-order valence-corrected chi connectivity index (χ2v) is 5.83. The van der Waals surface area contributed by atoms with Crippen LogP contribution in [0.15, 0.2) is 28.9 Å². The number of aromatic nitrogens is 2. The van der Waals surface area contributed by atoms with Crippen LogP contribution < -0.4 is 5.32 Å². The van der Waals surface area contributed by atoms with Crippen LogP contribution in [0.5, 0.6) is 0 Å². The van der Waals surface area contributed by atoms with E-state index >= 15 is 0 Å². The number of nitrogens with one attached hydrogen (secondary N) is 1. The number of nitrogens with zero attached hydrogens (tertiary/aromatic N) is 2. The van der Waals surface area contributed by atoms with Gasteiger partial charge in [0.2, 0.25) is 0 Å². The molecule has 18 heavy (non-hydrogen) atoms. The molecule has 0 spiro atoms. The summed E-state index contributed by atoms with van der Waals surface area (Å²) in [5.41, 5.74) is 3.81. The summed E-state index contributed by atoms with van der Waals surface area (Å²) in [5, 5.41) is 8.58. The molecule has 0 aliphatic carbocycles. The fraction of sp³-hybridized carbons (Fsp3) is 0.308. The molecule has 94 valence electrons. The van der Waals surface area contributed by atoms with Crippen molar-refractivity contribution < 1.29 is 0 Å². The third-order valence-electron chi connectivity index (χ3n) is 3.14. The fourth-order valence-electron chi connectivity index (χ4n) is 2.33. The second-order valence-electron chi connectivity index (χ2n) is 4.48. The van der Waals surface area contributed by atoms with Gasteiger partial charge in [0.15, 0.2) is 0 Å². The van der Waals surface area contributed by atoms with Crippen molar-refractivity contribution in [1.82, 2.24) is 15.1 Å². The molecule has 1 aliphatic rings. The maximum atomic E-state index is 6.06. The lowest BCUT2D eigenvalue weighted by atomic mass is 10.1. The molecule has 1 aromatic heterocycles. The van der Waals surface area contributed by atoms with E-state index in [-0.39, 0.29) is 0 Å². The Morgan fingerprint density at radius 3 is 3.11 bits per heavy atom. The van der Waals surface area contributed by atoms with Crippen LogP contribution in [0.4, 0.5) is 0 Å². The van der Waals surface area contributed by atoms with Gasteiger partial charge in [-0.05, 0) is 23.8 Å². The molecular weight excluding hydrogens is 314 g/mol. The smallest absolute Gasteiger partial charge is 0.0663 e. The maximum Gasteiger partial charge on any atom is 0.0663 e. The lowest BCUT2D eigenvalue weighted by Gasteiger charge is -2.15. The number of fused-ring (bicyclic) bond motifs is 1. The summed E-state index contributed by atoms with van der Waals surface area (Å²) in [6, 6.07) is 5.97. The van der Waals surface area contributed by atoms with E-state index in [0.717, 1.165) is 35.6 Å². The third-order valence-corrected chi connectivity index (χ3v) is 3.82. The lowest BCUT2D eigenvalue weighted by molar-refractivity contribution is 0.582. The lowest BCUT2D eigenvalue weighted by Crippen LogP contribution is -2.24. The summed E-state index contributed by atoms with van der Waals surface area (Å²) < 4.78 is 3.08. The number of benzene rings is 1. The molecule has 0 saturated carbocycles. The maximum absolute atomic E-state index is 6.06. The van der Waals surface area contributed by atoms with Gasteiger partial charge in [-0.3, -0.25) is 4.68 Å². The summed E-state index contributed by atoms with van der Waals surface area (Å²) in [6.07, 6.45) is 3.00. The van der Waals surface area contributed by atoms with E-state index in [1.54, 1.807) is 0 Å². The van der Waals surface area contributed by atoms with Crippen LogP contribution in [-0.4, -0.2) is 16.3 Å². The van der Waals surface area contributed by atoms with Crippen LogP contribution in [0.2, 0.25) is 5.02 Å². The van der Waals surface area contributed by atoms with Crippen molar-refractivity contribution >= 4 is 27.5 Å². The molecule has 0 fully saturated rings. The molecule has 2 heterocycles. The molecule has 1 aliphatic heterocycles. The molecule has 5 heteroatoms. The molecule has 2 aromatic rings. The van der Waals surface area contributed by atoms with Crippen molar-refractivity contribution in [2.45, 2.75) is 19.5 Å². The van der Waals surface area contributed by atoms with Crippen LogP contribution in [0.3, 0.4) is 0 Å². The van der Waals surface area contributed by atoms with E-state index < -0.39 is 0 Å². The van der Waals surface area contributed by atoms with Gasteiger partial charge >= 0.3 is 0 Å². The van der Waals surface area contributed by atoms with E-state index in [2.05, 4.69) is 37.1 Å². The third kappa shape index (κ3) is 2.46. The average molecular weight is 327 g/mol. The van der Waals surface area contributed by atoms with Gasteiger partial charge in [-0.2, -0.15) is 5.10 Å². The standard InChI is InChI=1S/C13H13BrClN3/c14-11-3-9(4-12(15)5-11)8-18-13-1-2-16-6-10(13)7-17-18/h3-5,7,16H,1-2,6,8H2. The van der Waals surface area contributed by atoms with Gasteiger partial charge in [0.1, 0.15) is 0 Å². The molecule has 1 N–H and O–H groups in total. The predicted octanol–water partition coefficient (Wildman–Crippen LogP) is 2.99. The van der Waals surface area contributed by atoms with E-state index in [1.807, 2.05) is 18.3 Å². The van der Waals surface area contributed by atoms with Gasteiger partial charge in [-0.25, -0.2) is 0 Å². The first-order chi connectivity index (χ1) is 8.72. The van der Waals surface area contributed by atoms with Crippen molar-refractivity contribution in [2.75, 3.05) is 6.54 Å². The Kier molecular flexibility index (Phi) is 3.41. The Labute approximate surface area is 119 Å². The fourth-order valence-corrected chi connectivity index (χ4v) is 3.26. The van der Waals surface area contributed by atoms with Gasteiger partial charge in [0.05, 0.1) is 12.7 Å². The molecule has 1 aromatic carbocycles. The van der Waals surface area contributed by atoms with Gasteiger partial charge in [-0.1, -0.05) is 27.5 Å². The average Bonchev–Trinajstić information content (AvgIpc) is 2.72. The van der Waals surface area contributed by atoms with Crippen LogP contribution in [0, 0.1) is 0 Å². The molecule has 0 bridgehead atoms. The minimum absolute atomic E-state index is 0.752. The Morgan fingerprint density at radius 1 is 1.39 bits per heavy atom. The Morgan fingerprint density at radius 2 is 2.28 bits per heavy atom. The topological polar surface area (TPSA) is 29.9 Å². The Bertz CT molecular complexity index is 559. The highest BCUT2D eigenvalue weighted by atomic mass is 79.9. The minimum Gasteiger partial charge on any atom is -0.312 e. The molecule has 0 saturated heterocycles. The summed E-state index contributed by atoms with van der Waals surface area (Å²) in [7, 11) is 0. The highest BCUT2D eigenvalue weighted by Crippen LogP contribution is 2.21. The van der Waals surface area contributed by atoms with Gasteiger partial charge in [0.25, 0.3) is 0 Å². The number of halogens is 2. The van der Waals surface area contributed by atoms with Gasteiger partial charge in [-0.15, -0.1) is 0 Å². The second kappa shape index (κ2) is 5.03. The predicted molar refractivity (Wildman–Crippen MR) is 75.9 cm³/mol. The molecule has 0 atom stereocenters. The minimum atomic E-state index is 0.752. The zero-order chi connectivity index (χ0) is 12.5. The van der Waals surface area contributed by atoms with Crippen LogP contribution >= 0.6 is 27.5 Å². The summed E-state index contributed by atoms with van der Waals surface area (Å²) in [4.78, 5) is 0. The summed E-state index contributed by atoms with van der Waals surface area (Å²) in [6.45, 7) is 2.72. The van der Waals surface area contributed by atoms with E-state index in [0.29, 0.717) is 0 Å². The molecule has 3 nitrogen and oxygen atoms in total. The first-order valence-electron chi connectivity index (χ1n) is 5.91. The van der Waals surface area contributed by atoms with E-state index in [9.17, 15) is 0 Å². The SMILES string of the molecule is Clc1cc(Br)cc(Cn2ncc3c2CCNC3)c1. The van der Waals surface area contributed by atoms with E-state index in [4.69, 9.17) is 11.6 Å². The van der Waals surface area contributed by atoms with Gasteiger partial charge in [0, 0.05) is 40.3 Å². The molecule has 0 unspecified atom stereocenters. The van der Waals surface area contributed by atoms with Crippen molar-refractivity contribution in [3.05, 3.63) is 50.7 Å². The number of hydrogen-bond acceptors (Lipinski definition) is 2. The highest BCUT2D eigenvalue weighted by Gasteiger charge is 2.14. The van der Waals surface area contributed by atoms with Crippen molar-refractivity contribution in [3.8, 4) is 0 Å². The van der Waals surface area contributed by atoms with Crippen molar-refractivity contribution in [2.24, 2.45) is 0 Å². The molecule has 3 rings (SSSR count). The Balaban J connectivity index is 1.90. The number of hydrogen-bond donors (Lipinski definition) is 1. The van der Waals surface area contributed by atoms with E-state index in [1.165, 1.54) is 16.8 Å². The quantitative estimate of drug-likeness (QED) is 0.919. The largest absolute Gasteiger partial charge is 0.312 e. The number of rotatable bonds is 2. The molecular formula is C13H13BrClN3. The summed E-state index contributed by atoms with van der Waals surface area (Å²) in [5.74, 6) is 0. The summed E-state index contributed by atoms with van der Waals surface area (Å²) >= 11 is 9.53. The highest BCUT2D eigenvalue weighted by molar-refractivity contribution is 9.10. The first kappa shape index (κ1) is 12.2. The monoisotopic (exact) mass is 325 g/mol. The first-order valence-corrected chi connectivity index (χ1v) is 7.09. The van der Waals surface area contributed by atoms with Gasteiger partial charge < -0.3 is 5.32 Å². The zero-order valence-corrected chi connectivity index (χ0v) is 12.1. The normalized spacial score (nSPS) is 14.6.